The van der Waals surface area contributed by atoms with Crippen LogP contribution in [-0.4, -0.2) is 22.2 Å². The van der Waals surface area contributed by atoms with E-state index in [1.165, 1.54) is 6.08 Å². The van der Waals surface area contributed by atoms with Crippen LogP contribution in [0.1, 0.15) is 26.7 Å². The zero-order valence-electron chi connectivity index (χ0n) is 9.08. The quantitative estimate of drug-likeness (QED) is 0.799. The van der Waals surface area contributed by atoms with Gasteiger partial charge in [-0.1, -0.05) is 24.1 Å². The lowest BCUT2D eigenvalue weighted by molar-refractivity contribution is -0.147. The maximum atomic E-state index is 11.3. The molecule has 1 aliphatic rings. The molecule has 88 valence electrons. The number of carboxylic acids is 2. The standard InChI is InChI=1S/C11H13ClO4/c1-3-11(10(15)16)5-7(9(13)14)8(12)4-6(11)2/h4H,3,5H2,1-2H3,(H,13,14)(H,15,16). The highest BCUT2D eigenvalue weighted by Gasteiger charge is 2.43. The summed E-state index contributed by atoms with van der Waals surface area (Å²) >= 11 is 5.79. The summed E-state index contributed by atoms with van der Waals surface area (Å²) in [6.07, 6.45) is 1.72. The lowest BCUT2D eigenvalue weighted by Gasteiger charge is -2.32. The minimum atomic E-state index is -1.16. The summed E-state index contributed by atoms with van der Waals surface area (Å²) in [5.41, 5.74) is -0.569. The first-order valence-electron chi connectivity index (χ1n) is 4.89. The number of hydrogen-bond acceptors (Lipinski definition) is 2. The van der Waals surface area contributed by atoms with Gasteiger partial charge in [0, 0.05) is 6.42 Å². The predicted molar refractivity (Wildman–Crippen MR) is 59.2 cm³/mol. The molecular formula is C11H13ClO4. The Balaban J connectivity index is 3.29. The van der Waals surface area contributed by atoms with Gasteiger partial charge in [-0.3, -0.25) is 4.79 Å². The van der Waals surface area contributed by atoms with Crippen LogP contribution < -0.4 is 0 Å². The van der Waals surface area contributed by atoms with Crippen molar-refractivity contribution in [3.63, 3.8) is 0 Å². The molecule has 0 aromatic rings. The molecule has 0 saturated carbocycles. The predicted octanol–water partition coefficient (Wildman–Crippen LogP) is 2.39. The monoisotopic (exact) mass is 244 g/mol. The lowest BCUT2D eigenvalue weighted by Crippen LogP contribution is -2.35. The van der Waals surface area contributed by atoms with Crippen molar-refractivity contribution in [3.05, 3.63) is 22.3 Å². The van der Waals surface area contributed by atoms with Crippen molar-refractivity contribution in [1.82, 2.24) is 0 Å². The smallest absolute Gasteiger partial charge is 0.333 e. The van der Waals surface area contributed by atoms with E-state index in [1.54, 1.807) is 13.8 Å². The van der Waals surface area contributed by atoms with Crippen LogP contribution in [0.3, 0.4) is 0 Å². The van der Waals surface area contributed by atoms with Gasteiger partial charge in [0.25, 0.3) is 0 Å². The van der Waals surface area contributed by atoms with Gasteiger partial charge < -0.3 is 10.2 Å². The highest BCUT2D eigenvalue weighted by molar-refractivity contribution is 6.33. The molecule has 0 fully saturated rings. The van der Waals surface area contributed by atoms with Gasteiger partial charge in [-0.25, -0.2) is 4.79 Å². The topological polar surface area (TPSA) is 74.6 Å². The number of rotatable bonds is 3. The normalized spacial score (nSPS) is 25.3. The summed E-state index contributed by atoms with van der Waals surface area (Å²) in [5, 5.41) is 18.3. The zero-order chi connectivity index (χ0) is 12.5. The van der Waals surface area contributed by atoms with E-state index in [9.17, 15) is 14.7 Å². The Hall–Kier alpha value is -1.29. The van der Waals surface area contributed by atoms with Gasteiger partial charge in [-0.2, -0.15) is 0 Å². The summed E-state index contributed by atoms with van der Waals surface area (Å²) in [6.45, 7) is 3.39. The molecule has 0 aromatic carbocycles. The van der Waals surface area contributed by atoms with Crippen molar-refractivity contribution >= 4 is 23.5 Å². The molecule has 0 aromatic heterocycles. The van der Waals surface area contributed by atoms with E-state index in [0.717, 1.165) is 0 Å². The third-order valence-corrected chi connectivity index (χ3v) is 3.47. The Morgan fingerprint density at radius 2 is 2.06 bits per heavy atom. The molecule has 1 aliphatic carbocycles. The summed E-state index contributed by atoms with van der Waals surface area (Å²) in [4.78, 5) is 22.2. The van der Waals surface area contributed by atoms with E-state index in [1.807, 2.05) is 0 Å². The van der Waals surface area contributed by atoms with Gasteiger partial charge in [0.1, 0.15) is 0 Å². The molecule has 1 atom stereocenters. The molecule has 0 amide bonds. The Morgan fingerprint density at radius 3 is 2.44 bits per heavy atom. The first kappa shape index (κ1) is 12.8. The second kappa shape index (κ2) is 4.29. The Kier molecular flexibility index (Phi) is 3.43. The minimum absolute atomic E-state index is 0.0310. The largest absolute Gasteiger partial charge is 0.481 e. The minimum Gasteiger partial charge on any atom is -0.481 e. The highest BCUT2D eigenvalue weighted by Crippen LogP contribution is 2.43. The molecular weight excluding hydrogens is 232 g/mol. The summed E-state index contributed by atoms with van der Waals surface area (Å²) in [7, 11) is 0. The van der Waals surface area contributed by atoms with E-state index >= 15 is 0 Å². The van der Waals surface area contributed by atoms with Crippen LogP contribution in [0.4, 0.5) is 0 Å². The van der Waals surface area contributed by atoms with Crippen LogP contribution in [0.25, 0.3) is 0 Å². The Morgan fingerprint density at radius 1 is 1.50 bits per heavy atom. The van der Waals surface area contributed by atoms with E-state index in [-0.39, 0.29) is 17.0 Å². The van der Waals surface area contributed by atoms with Crippen LogP contribution in [-0.2, 0) is 9.59 Å². The van der Waals surface area contributed by atoms with Crippen LogP contribution in [0, 0.1) is 5.41 Å². The van der Waals surface area contributed by atoms with E-state index in [4.69, 9.17) is 16.7 Å². The number of halogens is 1. The molecule has 0 aliphatic heterocycles. The van der Waals surface area contributed by atoms with Crippen LogP contribution in [0.2, 0.25) is 0 Å². The van der Waals surface area contributed by atoms with Crippen LogP contribution in [0.15, 0.2) is 22.3 Å². The highest BCUT2D eigenvalue weighted by atomic mass is 35.5. The van der Waals surface area contributed by atoms with Crippen molar-refractivity contribution in [2.24, 2.45) is 5.41 Å². The number of carbonyl (C=O) groups is 2. The average Bonchev–Trinajstić information content (AvgIpc) is 2.17. The maximum absolute atomic E-state index is 11.3. The molecule has 1 unspecified atom stereocenters. The van der Waals surface area contributed by atoms with Gasteiger partial charge in [-0.05, 0) is 19.4 Å². The van der Waals surface area contributed by atoms with E-state index in [0.29, 0.717) is 12.0 Å². The zero-order valence-corrected chi connectivity index (χ0v) is 9.84. The molecule has 5 heteroatoms. The van der Waals surface area contributed by atoms with Gasteiger partial charge in [0.2, 0.25) is 0 Å². The van der Waals surface area contributed by atoms with Gasteiger partial charge in [-0.15, -0.1) is 0 Å². The second-order valence-electron chi connectivity index (χ2n) is 3.88. The molecule has 0 bridgehead atoms. The van der Waals surface area contributed by atoms with Crippen molar-refractivity contribution in [1.29, 1.82) is 0 Å². The Labute approximate surface area is 98.2 Å². The molecule has 0 spiro atoms. The summed E-state index contributed by atoms with van der Waals surface area (Å²) in [6, 6.07) is 0. The van der Waals surface area contributed by atoms with Gasteiger partial charge >= 0.3 is 11.9 Å². The van der Waals surface area contributed by atoms with E-state index in [2.05, 4.69) is 0 Å². The molecule has 0 radical (unpaired) electrons. The molecule has 0 heterocycles. The fraction of sp³-hybridized carbons (Fsp3) is 0.455. The second-order valence-corrected chi connectivity index (χ2v) is 4.28. The third-order valence-electron chi connectivity index (χ3n) is 3.14. The molecule has 16 heavy (non-hydrogen) atoms. The number of allylic oxidation sites excluding steroid dienone is 2. The lowest BCUT2D eigenvalue weighted by atomic mass is 9.71. The average molecular weight is 245 g/mol. The maximum Gasteiger partial charge on any atom is 0.333 e. The molecule has 2 N–H and O–H groups in total. The number of aliphatic carboxylic acids is 2. The molecule has 4 nitrogen and oxygen atoms in total. The SMILES string of the molecule is CCC1(C(=O)O)CC(C(=O)O)=C(Cl)C=C1C. The fourth-order valence-corrected chi connectivity index (χ4v) is 2.23. The number of carboxylic acid groups (broad SMARTS) is 2. The summed E-state index contributed by atoms with van der Waals surface area (Å²) < 4.78 is 0. The van der Waals surface area contributed by atoms with Crippen LogP contribution >= 0.6 is 11.6 Å². The first-order chi connectivity index (χ1) is 7.35. The molecule has 1 rings (SSSR count). The van der Waals surface area contributed by atoms with Crippen molar-refractivity contribution < 1.29 is 19.8 Å². The van der Waals surface area contributed by atoms with Gasteiger partial charge in [0.15, 0.2) is 0 Å². The van der Waals surface area contributed by atoms with Crippen molar-refractivity contribution in [3.8, 4) is 0 Å². The molecule has 0 saturated heterocycles. The first-order valence-corrected chi connectivity index (χ1v) is 5.27. The van der Waals surface area contributed by atoms with Crippen LogP contribution in [0.5, 0.6) is 0 Å². The van der Waals surface area contributed by atoms with Crippen molar-refractivity contribution in [2.75, 3.05) is 0 Å². The number of hydrogen-bond donors (Lipinski definition) is 2. The third kappa shape index (κ3) is 1.85. The van der Waals surface area contributed by atoms with E-state index < -0.39 is 17.4 Å². The fourth-order valence-electron chi connectivity index (χ4n) is 1.92. The Bertz CT molecular complexity index is 408. The van der Waals surface area contributed by atoms with Crippen molar-refractivity contribution in [2.45, 2.75) is 26.7 Å². The summed E-state index contributed by atoms with van der Waals surface area (Å²) in [5.74, 6) is -2.17. The van der Waals surface area contributed by atoms with Gasteiger partial charge in [0.05, 0.1) is 16.0 Å².